The second-order valence-corrected chi connectivity index (χ2v) is 8.96. The molecule has 0 unspecified atom stereocenters. The van der Waals surface area contributed by atoms with Gasteiger partial charge in [-0.2, -0.15) is 0 Å². The van der Waals surface area contributed by atoms with Crippen molar-refractivity contribution in [2.24, 2.45) is 4.99 Å². The molecule has 2 aliphatic rings. The quantitative estimate of drug-likeness (QED) is 0.498. The average molecular weight is 508 g/mol. The van der Waals surface area contributed by atoms with Crippen LogP contribution in [0.2, 0.25) is 0 Å². The molecule has 2 aromatic rings. The summed E-state index contributed by atoms with van der Waals surface area (Å²) in [6.45, 7) is 2.38. The second kappa shape index (κ2) is 11.3. The van der Waals surface area contributed by atoms with Gasteiger partial charge in [0.25, 0.3) is 0 Å². The van der Waals surface area contributed by atoms with Gasteiger partial charge in [0, 0.05) is 17.8 Å². The van der Waals surface area contributed by atoms with Crippen LogP contribution >= 0.6 is 11.8 Å². The fourth-order valence-corrected chi connectivity index (χ4v) is 5.29. The van der Waals surface area contributed by atoms with Crippen LogP contribution in [0.5, 0.6) is 11.5 Å². The molecule has 1 atom stereocenters. The molecule has 0 fully saturated rings. The molecule has 0 spiro atoms. The highest BCUT2D eigenvalue weighted by molar-refractivity contribution is 8.16. The number of amides is 1. The summed E-state index contributed by atoms with van der Waals surface area (Å²) in [5.74, 6) is 0.440. The lowest BCUT2D eigenvalue weighted by Gasteiger charge is -2.37. The minimum absolute atomic E-state index is 0.123. The lowest BCUT2D eigenvalue weighted by Crippen LogP contribution is -2.38. The Hall–Kier alpha value is -3.72. The maximum Gasteiger partial charge on any atom is 0.338 e. The van der Waals surface area contributed by atoms with Gasteiger partial charge in [0.2, 0.25) is 5.91 Å². The van der Waals surface area contributed by atoms with E-state index < -0.39 is 12.0 Å². The van der Waals surface area contributed by atoms with Gasteiger partial charge in [0.05, 0.1) is 45.1 Å². The molecular weight excluding hydrogens is 478 g/mol. The number of thioether (sulfide) groups is 1. The van der Waals surface area contributed by atoms with E-state index >= 15 is 0 Å². The number of hydrogen-bond donors (Lipinski definition) is 1. The van der Waals surface area contributed by atoms with Crippen molar-refractivity contribution in [1.82, 2.24) is 10.2 Å². The summed E-state index contributed by atoms with van der Waals surface area (Å²) in [4.78, 5) is 32.7. The average Bonchev–Trinajstić information content (AvgIpc) is 3.32. The van der Waals surface area contributed by atoms with Crippen molar-refractivity contribution in [1.29, 1.82) is 0 Å². The zero-order chi connectivity index (χ0) is 25.7. The Morgan fingerprint density at radius 3 is 2.50 bits per heavy atom. The Morgan fingerprint density at radius 1 is 1.06 bits per heavy atom. The van der Waals surface area contributed by atoms with E-state index in [0.717, 1.165) is 11.3 Å². The highest BCUT2D eigenvalue weighted by Crippen LogP contribution is 2.49. The number of benzene rings is 2. The van der Waals surface area contributed by atoms with Crippen LogP contribution in [0.3, 0.4) is 0 Å². The summed E-state index contributed by atoms with van der Waals surface area (Å²) in [6.07, 6.45) is 0.662. The van der Waals surface area contributed by atoms with Crippen LogP contribution in [-0.4, -0.2) is 43.3 Å². The lowest BCUT2D eigenvalue weighted by molar-refractivity contribution is -0.136. The SMILES string of the molecule is CCC1=C(C(=O)OC)[C@H](c2cccc(OC)c2OC)N2C(CC(=O)NCc3ccccc3)=CSC2=N1. The number of fused-ring (bicyclic) bond motifs is 1. The molecular formula is C27H29N3O5S. The van der Waals surface area contributed by atoms with Crippen LogP contribution < -0.4 is 14.8 Å². The van der Waals surface area contributed by atoms with Crippen LogP contribution in [0.1, 0.15) is 36.9 Å². The van der Waals surface area contributed by atoms with E-state index in [9.17, 15) is 9.59 Å². The molecule has 9 heteroatoms. The number of nitrogens with zero attached hydrogens (tertiary/aromatic N) is 2. The number of hydrogen-bond acceptors (Lipinski definition) is 8. The second-order valence-electron chi connectivity index (χ2n) is 8.12. The normalized spacial score (nSPS) is 16.7. The smallest absolute Gasteiger partial charge is 0.338 e. The van der Waals surface area contributed by atoms with E-state index in [1.54, 1.807) is 20.3 Å². The Morgan fingerprint density at radius 2 is 1.83 bits per heavy atom. The molecule has 2 heterocycles. The molecule has 0 aromatic heterocycles. The minimum atomic E-state index is -0.604. The van der Waals surface area contributed by atoms with Crippen molar-refractivity contribution in [3.8, 4) is 11.5 Å². The molecule has 4 rings (SSSR count). The van der Waals surface area contributed by atoms with E-state index in [-0.39, 0.29) is 12.3 Å². The van der Waals surface area contributed by atoms with Gasteiger partial charge < -0.3 is 24.4 Å². The summed E-state index contributed by atoms with van der Waals surface area (Å²) in [7, 11) is 4.49. The first-order valence-electron chi connectivity index (χ1n) is 11.6. The number of methoxy groups -OCH3 is 3. The fraction of sp³-hybridized carbons (Fsp3) is 0.296. The number of nitrogens with one attached hydrogen (secondary N) is 1. The molecule has 1 amide bonds. The highest BCUT2D eigenvalue weighted by atomic mass is 32.2. The summed E-state index contributed by atoms with van der Waals surface area (Å²) >= 11 is 1.43. The Labute approximate surface area is 215 Å². The molecule has 0 saturated heterocycles. The molecule has 0 bridgehead atoms. The van der Waals surface area contributed by atoms with Gasteiger partial charge in [0.1, 0.15) is 0 Å². The van der Waals surface area contributed by atoms with E-state index in [1.165, 1.54) is 18.9 Å². The van der Waals surface area contributed by atoms with Crippen LogP contribution in [-0.2, 0) is 20.9 Å². The number of allylic oxidation sites excluding steroid dienone is 1. The van der Waals surface area contributed by atoms with Crippen molar-refractivity contribution < 1.29 is 23.8 Å². The van der Waals surface area contributed by atoms with E-state index in [2.05, 4.69) is 5.32 Å². The molecule has 0 radical (unpaired) electrons. The summed E-state index contributed by atoms with van der Waals surface area (Å²) in [5, 5.41) is 5.58. The molecule has 0 aliphatic carbocycles. The molecule has 1 N–H and O–H groups in total. The van der Waals surface area contributed by atoms with Crippen LogP contribution in [0.15, 0.2) is 75.9 Å². The third-order valence-electron chi connectivity index (χ3n) is 6.03. The number of carbonyl (C=O) groups is 2. The van der Waals surface area contributed by atoms with E-state index in [4.69, 9.17) is 19.2 Å². The zero-order valence-electron chi connectivity index (χ0n) is 20.7. The van der Waals surface area contributed by atoms with Crippen molar-refractivity contribution in [3.63, 3.8) is 0 Å². The number of carbonyl (C=O) groups excluding carboxylic acids is 2. The number of esters is 1. The summed E-state index contributed by atoms with van der Waals surface area (Å²) in [5.41, 5.74) is 3.51. The van der Waals surface area contributed by atoms with Crippen LogP contribution in [0.4, 0.5) is 0 Å². The number of rotatable bonds is 9. The van der Waals surface area contributed by atoms with Crippen molar-refractivity contribution in [3.05, 3.63) is 82.0 Å². The van der Waals surface area contributed by atoms with Gasteiger partial charge in [-0.15, -0.1) is 0 Å². The predicted octanol–water partition coefficient (Wildman–Crippen LogP) is 4.55. The first kappa shape index (κ1) is 25.4. The fourth-order valence-electron chi connectivity index (χ4n) is 4.36. The Bertz CT molecular complexity index is 1240. The van der Waals surface area contributed by atoms with Gasteiger partial charge >= 0.3 is 5.97 Å². The van der Waals surface area contributed by atoms with Gasteiger partial charge in [0.15, 0.2) is 16.7 Å². The van der Waals surface area contributed by atoms with Gasteiger partial charge in [-0.1, -0.05) is 61.2 Å². The zero-order valence-corrected chi connectivity index (χ0v) is 21.6. The highest BCUT2D eigenvalue weighted by Gasteiger charge is 2.43. The maximum atomic E-state index is 13.1. The molecule has 8 nitrogen and oxygen atoms in total. The van der Waals surface area contributed by atoms with Gasteiger partial charge in [-0.25, -0.2) is 9.79 Å². The number of ether oxygens (including phenoxy) is 3. The molecule has 2 aromatic carbocycles. The van der Waals surface area contributed by atoms with Crippen molar-refractivity contribution in [2.75, 3.05) is 21.3 Å². The Balaban J connectivity index is 1.71. The minimum Gasteiger partial charge on any atom is -0.493 e. The summed E-state index contributed by atoms with van der Waals surface area (Å²) in [6, 6.07) is 14.7. The van der Waals surface area contributed by atoms with E-state index in [0.29, 0.717) is 46.5 Å². The first-order chi connectivity index (χ1) is 17.5. The van der Waals surface area contributed by atoms with Crippen LogP contribution in [0.25, 0.3) is 0 Å². The first-order valence-corrected chi connectivity index (χ1v) is 12.5. The van der Waals surface area contributed by atoms with Gasteiger partial charge in [-0.05, 0) is 23.5 Å². The largest absolute Gasteiger partial charge is 0.493 e. The van der Waals surface area contributed by atoms with Crippen LogP contribution in [0, 0.1) is 0 Å². The maximum absolute atomic E-state index is 13.1. The number of amidine groups is 1. The topological polar surface area (TPSA) is 89.5 Å². The van der Waals surface area contributed by atoms with Crippen molar-refractivity contribution in [2.45, 2.75) is 32.4 Å². The number of aliphatic imine (C=N–C) groups is 1. The van der Waals surface area contributed by atoms with E-state index in [1.807, 2.05) is 59.7 Å². The predicted molar refractivity (Wildman–Crippen MR) is 139 cm³/mol. The lowest BCUT2D eigenvalue weighted by atomic mass is 9.92. The molecule has 36 heavy (non-hydrogen) atoms. The molecule has 0 saturated carbocycles. The molecule has 188 valence electrons. The Kier molecular flexibility index (Phi) is 8.00. The monoisotopic (exact) mass is 507 g/mol. The number of para-hydroxylation sites is 1. The third kappa shape index (κ3) is 4.97. The van der Waals surface area contributed by atoms with Gasteiger partial charge in [-0.3, -0.25) is 4.79 Å². The summed E-state index contributed by atoms with van der Waals surface area (Å²) < 4.78 is 16.4. The third-order valence-corrected chi connectivity index (χ3v) is 6.92. The standard InChI is InChI=1S/C27H29N3O5S/c1-5-20-23(26(32)35-4)24(19-12-9-13-21(33-2)25(19)34-3)30-18(16-36-27(30)29-20)14-22(31)28-15-17-10-7-6-8-11-17/h6-13,16,24H,5,14-15H2,1-4H3,(H,28,31)/t24-/m0/s1. The molecule has 2 aliphatic heterocycles. The van der Waals surface area contributed by atoms with Crippen molar-refractivity contribution >= 4 is 28.8 Å².